The summed E-state index contributed by atoms with van der Waals surface area (Å²) in [6.45, 7) is 2.08. The molecular formula is C15H15Cl2NO3S. The number of carbonyl (C=O) groups is 2. The van der Waals surface area contributed by atoms with Crippen molar-refractivity contribution < 1.29 is 14.3 Å². The summed E-state index contributed by atoms with van der Waals surface area (Å²) in [5.74, 6) is 0.228. The lowest BCUT2D eigenvalue weighted by atomic mass is 10.2. The van der Waals surface area contributed by atoms with Crippen LogP contribution in [-0.2, 0) is 20.9 Å². The summed E-state index contributed by atoms with van der Waals surface area (Å²) in [4.78, 5) is 25.8. The lowest BCUT2D eigenvalue weighted by Gasteiger charge is -2.29. The van der Waals surface area contributed by atoms with Gasteiger partial charge in [0.25, 0.3) is 0 Å². The van der Waals surface area contributed by atoms with Gasteiger partial charge in [-0.15, -0.1) is 11.8 Å². The summed E-state index contributed by atoms with van der Waals surface area (Å²) in [7, 11) is 0. The van der Waals surface area contributed by atoms with Gasteiger partial charge in [0.2, 0.25) is 5.91 Å². The zero-order chi connectivity index (χ0) is 15.9. The Morgan fingerprint density at radius 2 is 2.27 bits per heavy atom. The van der Waals surface area contributed by atoms with Crippen LogP contribution in [0.3, 0.4) is 0 Å². The molecule has 2 saturated heterocycles. The van der Waals surface area contributed by atoms with Crippen molar-refractivity contribution in [3.63, 3.8) is 0 Å². The van der Waals surface area contributed by atoms with Crippen molar-refractivity contribution >= 4 is 46.8 Å². The monoisotopic (exact) mass is 359 g/mol. The molecule has 2 fully saturated rings. The fraction of sp³-hybridized carbons (Fsp3) is 0.467. The van der Waals surface area contributed by atoms with E-state index in [4.69, 9.17) is 27.9 Å². The average Bonchev–Trinajstić information content (AvgIpc) is 2.95. The molecule has 0 unspecified atom stereocenters. The van der Waals surface area contributed by atoms with Crippen molar-refractivity contribution in [2.24, 2.45) is 0 Å². The number of halogens is 2. The van der Waals surface area contributed by atoms with E-state index in [0.29, 0.717) is 27.8 Å². The minimum absolute atomic E-state index is 0.0268. The van der Waals surface area contributed by atoms with Gasteiger partial charge in [-0.25, -0.2) is 4.79 Å². The van der Waals surface area contributed by atoms with Crippen molar-refractivity contribution in [1.29, 1.82) is 0 Å². The lowest BCUT2D eigenvalue weighted by molar-refractivity contribution is -0.154. The maximum absolute atomic E-state index is 12.3. The molecule has 0 saturated carbocycles. The maximum atomic E-state index is 12.3. The Morgan fingerprint density at radius 3 is 3.00 bits per heavy atom. The van der Waals surface area contributed by atoms with Gasteiger partial charge in [-0.1, -0.05) is 29.3 Å². The standard InChI is InChI=1S/C15H15Cl2NO3S/c1-15-5-4-13(19)18(15)12(8-22-15)14(20)21-7-9-2-3-10(16)6-11(9)17/h2-3,6,12H,4-5,7-8H2,1H3/t12-,15-/m1/s1. The molecule has 4 nitrogen and oxygen atoms in total. The smallest absolute Gasteiger partial charge is 0.330 e. The number of rotatable bonds is 3. The molecule has 2 heterocycles. The number of hydrogen-bond acceptors (Lipinski definition) is 4. The van der Waals surface area contributed by atoms with Gasteiger partial charge in [0.05, 0.1) is 4.87 Å². The summed E-state index contributed by atoms with van der Waals surface area (Å²) in [6, 6.07) is 4.53. The fourth-order valence-electron chi connectivity index (χ4n) is 2.88. The number of thioether (sulfide) groups is 1. The van der Waals surface area contributed by atoms with Crippen LogP contribution in [0.5, 0.6) is 0 Å². The number of fused-ring (bicyclic) bond motifs is 1. The maximum Gasteiger partial charge on any atom is 0.330 e. The van der Waals surface area contributed by atoms with E-state index in [1.807, 2.05) is 6.92 Å². The van der Waals surface area contributed by atoms with E-state index in [2.05, 4.69) is 0 Å². The van der Waals surface area contributed by atoms with Gasteiger partial charge >= 0.3 is 5.97 Å². The van der Waals surface area contributed by atoms with Crippen LogP contribution in [0.15, 0.2) is 18.2 Å². The van der Waals surface area contributed by atoms with E-state index in [1.54, 1.807) is 34.9 Å². The minimum Gasteiger partial charge on any atom is -0.459 e. The number of carbonyl (C=O) groups excluding carboxylic acids is 2. The van der Waals surface area contributed by atoms with Crippen molar-refractivity contribution in [1.82, 2.24) is 4.90 Å². The van der Waals surface area contributed by atoms with Gasteiger partial charge in [0, 0.05) is 27.8 Å². The van der Waals surface area contributed by atoms with Crippen LogP contribution in [0, 0.1) is 0 Å². The second-order valence-corrected chi connectivity index (χ2v) is 7.95. The van der Waals surface area contributed by atoms with E-state index in [9.17, 15) is 9.59 Å². The van der Waals surface area contributed by atoms with Crippen molar-refractivity contribution in [2.75, 3.05) is 5.75 Å². The summed E-state index contributed by atoms with van der Waals surface area (Å²) < 4.78 is 5.36. The number of hydrogen-bond donors (Lipinski definition) is 0. The van der Waals surface area contributed by atoms with Crippen molar-refractivity contribution in [3.05, 3.63) is 33.8 Å². The average molecular weight is 360 g/mol. The van der Waals surface area contributed by atoms with Gasteiger partial charge in [-0.3, -0.25) is 4.79 Å². The van der Waals surface area contributed by atoms with E-state index < -0.39 is 6.04 Å². The van der Waals surface area contributed by atoms with Crippen LogP contribution in [0.25, 0.3) is 0 Å². The first-order valence-corrected chi connectivity index (χ1v) is 8.71. The predicted molar refractivity (Wildman–Crippen MR) is 87.0 cm³/mol. The third kappa shape index (κ3) is 2.82. The van der Waals surface area contributed by atoms with Crippen LogP contribution in [0.2, 0.25) is 10.0 Å². The van der Waals surface area contributed by atoms with E-state index in [-0.39, 0.29) is 23.4 Å². The Labute approximate surface area is 143 Å². The highest BCUT2D eigenvalue weighted by atomic mass is 35.5. The molecule has 3 rings (SSSR count). The van der Waals surface area contributed by atoms with Gasteiger partial charge in [0.1, 0.15) is 12.6 Å². The zero-order valence-electron chi connectivity index (χ0n) is 12.0. The van der Waals surface area contributed by atoms with Gasteiger partial charge in [-0.05, 0) is 25.5 Å². The molecule has 0 bridgehead atoms. The number of esters is 1. The summed E-state index contributed by atoms with van der Waals surface area (Å²) >= 11 is 13.5. The SMILES string of the molecule is C[C@@]12CCC(=O)N1[C@@H](C(=O)OCc1ccc(Cl)cc1Cl)CS2. The van der Waals surface area contributed by atoms with E-state index in [1.165, 1.54) is 0 Å². The highest BCUT2D eigenvalue weighted by Gasteiger charge is 2.53. The summed E-state index contributed by atoms with van der Waals surface area (Å²) in [5, 5.41) is 0.994. The van der Waals surface area contributed by atoms with Crippen LogP contribution >= 0.6 is 35.0 Å². The molecule has 2 aliphatic heterocycles. The van der Waals surface area contributed by atoms with E-state index in [0.717, 1.165) is 6.42 Å². The molecule has 0 N–H and O–H groups in total. The first-order chi connectivity index (χ1) is 10.4. The normalized spacial score (nSPS) is 27.1. The third-order valence-corrected chi connectivity index (χ3v) is 6.19. The highest BCUT2D eigenvalue weighted by molar-refractivity contribution is 8.01. The van der Waals surface area contributed by atoms with Crippen molar-refractivity contribution in [3.8, 4) is 0 Å². The molecule has 0 radical (unpaired) electrons. The molecule has 1 aromatic rings. The Hall–Kier alpha value is -0.910. The highest BCUT2D eigenvalue weighted by Crippen LogP contribution is 2.47. The molecule has 1 amide bonds. The third-order valence-electron chi connectivity index (χ3n) is 4.10. The molecule has 22 heavy (non-hydrogen) atoms. The van der Waals surface area contributed by atoms with Gasteiger partial charge in [-0.2, -0.15) is 0 Å². The second kappa shape index (κ2) is 5.95. The Kier molecular flexibility index (Phi) is 4.32. The Bertz CT molecular complexity index is 639. The molecular weight excluding hydrogens is 345 g/mol. The number of ether oxygens (including phenoxy) is 1. The topological polar surface area (TPSA) is 46.6 Å². The van der Waals surface area contributed by atoms with E-state index >= 15 is 0 Å². The fourth-order valence-corrected chi connectivity index (χ4v) is 4.76. The first-order valence-electron chi connectivity index (χ1n) is 6.97. The van der Waals surface area contributed by atoms with Crippen LogP contribution in [0.4, 0.5) is 0 Å². The van der Waals surface area contributed by atoms with Crippen LogP contribution in [0.1, 0.15) is 25.3 Å². The zero-order valence-corrected chi connectivity index (χ0v) is 14.3. The Morgan fingerprint density at radius 1 is 1.50 bits per heavy atom. The van der Waals surface area contributed by atoms with Crippen LogP contribution < -0.4 is 0 Å². The number of nitrogens with zero attached hydrogens (tertiary/aromatic N) is 1. The molecule has 118 valence electrons. The Balaban J connectivity index is 1.66. The van der Waals surface area contributed by atoms with Crippen LogP contribution in [-0.4, -0.2) is 33.4 Å². The van der Waals surface area contributed by atoms with Crippen molar-refractivity contribution in [2.45, 2.75) is 37.3 Å². The quantitative estimate of drug-likeness (QED) is 0.775. The van der Waals surface area contributed by atoms with Gasteiger partial charge in [0.15, 0.2) is 0 Å². The second-order valence-electron chi connectivity index (χ2n) is 5.61. The molecule has 0 aliphatic carbocycles. The molecule has 0 spiro atoms. The minimum atomic E-state index is -0.504. The molecule has 2 atom stereocenters. The lowest BCUT2D eigenvalue weighted by Crippen LogP contribution is -2.46. The molecule has 7 heteroatoms. The summed E-state index contributed by atoms with van der Waals surface area (Å²) in [6.07, 6.45) is 1.28. The number of amides is 1. The first kappa shape index (κ1) is 16.0. The molecule has 2 aliphatic rings. The van der Waals surface area contributed by atoms with Gasteiger partial charge < -0.3 is 9.64 Å². The molecule has 0 aromatic heterocycles. The number of benzene rings is 1. The largest absolute Gasteiger partial charge is 0.459 e. The summed E-state index contributed by atoms with van der Waals surface area (Å²) in [5.41, 5.74) is 0.695. The molecule has 1 aromatic carbocycles. The predicted octanol–water partition coefficient (Wildman–Crippen LogP) is 3.49.